The Bertz CT molecular complexity index is 472. The summed E-state index contributed by atoms with van der Waals surface area (Å²) in [5.41, 5.74) is 0.168. The third-order valence-electron chi connectivity index (χ3n) is 3.29. The SMILES string of the molecule is O=C(NC1CCCCCC1Br)c1cc[nH]c(=O)c1. The van der Waals surface area contributed by atoms with Gasteiger partial charge in [-0.3, -0.25) is 9.59 Å². The molecule has 1 amide bonds. The number of carbonyl (C=O) groups is 1. The number of aromatic amines is 1. The molecular weight excluding hydrogens is 296 g/mol. The van der Waals surface area contributed by atoms with Crippen LogP contribution in [0.2, 0.25) is 0 Å². The number of rotatable bonds is 2. The molecule has 0 aliphatic heterocycles. The van der Waals surface area contributed by atoms with Crippen LogP contribution in [0.3, 0.4) is 0 Å². The van der Waals surface area contributed by atoms with Gasteiger partial charge in [0, 0.05) is 28.7 Å². The summed E-state index contributed by atoms with van der Waals surface area (Å²) in [6.07, 6.45) is 7.14. The molecule has 98 valence electrons. The minimum Gasteiger partial charge on any atom is -0.348 e. The fraction of sp³-hybridized carbons (Fsp3) is 0.538. The molecule has 18 heavy (non-hydrogen) atoms. The highest BCUT2D eigenvalue weighted by Crippen LogP contribution is 2.23. The number of hydrogen-bond acceptors (Lipinski definition) is 2. The van der Waals surface area contributed by atoms with Crippen LogP contribution in [-0.2, 0) is 0 Å². The van der Waals surface area contributed by atoms with Crippen LogP contribution in [0.25, 0.3) is 0 Å². The number of alkyl halides is 1. The second-order valence-corrected chi connectivity index (χ2v) is 5.85. The standard InChI is InChI=1S/C13H17BrN2O2/c14-10-4-2-1-3-5-11(10)16-13(18)9-6-7-15-12(17)8-9/h6-8,10-11H,1-5H2,(H,15,17)(H,16,18). The average molecular weight is 313 g/mol. The Morgan fingerprint density at radius 3 is 2.89 bits per heavy atom. The van der Waals surface area contributed by atoms with Gasteiger partial charge in [-0.25, -0.2) is 0 Å². The Kier molecular flexibility index (Phi) is 4.58. The van der Waals surface area contributed by atoms with Gasteiger partial charge in [0.2, 0.25) is 5.56 Å². The fourth-order valence-electron chi connectivity index (χ4n) is 2.26. The molecule has 0 saturated heterocycles. The van der Waals surface area contributed by atoms with Gasteiger partial charge < -0.3 is 10.3 Å². The van der Waals surface area contributed by atoms with Crippen LogP contribution in [0, 0.1) is 0 Å². The van der Waals surface area contributed by atoms with Crippen molar-refractivity contribution in [1.29, 1.82) is 0 Å². The molecule has 2 rings (SSSR count). The van der Waals surface area contributed by atoms with Gasteiger partial charge in [0.25, 0.3) is 5.91 Å². The highest BCUT2D eigenvalue weighted by atomic mass is 79.9. The summed E-state index contributed by atoms with van der Waals surface area (Å²) in [6.45, 7) is 0. The molecule has 1 aromatic rings. The van der Waals surface area contributed by atoms with Gasteiger partial charge in [-0.2, -0.15) is 0 Å². The zero-order valence-electron chi connectivity index (χ0n) is 10.1. The molecule has 0 radical (unpaired) electrons. The Labute approximate surface area is 114 Å². The van der Waals surface area contributed by atoms with Gasteiger partial charge in [-0.1, -0.05) is 35.2 Å². The molecule has 1 saturated carbocycles. The Morgan fingerprint density at radius 2 is 2.11 bits per heavy atom. The number of pyridine rings is 1. The average Bonchev–Trinajstić information content (AvgIpc) is 2.55. The van der Waals surface area contributed by atoms with Crippen LogP contribution in [0.1, 0.15) is 42.5 Å². The number of nitrogens with one attached hydrogen (secondary N) is 2. The minimum absolute atomic E-state index is 0.152. The molecule has 2 atom stereocenters. The van der Waals surface area contributed by atoms with Crippen molar-refractivity contribution in [3.05, 3.63) is 34.2 Å². The molecule has 1 fully saturated rings. The number of amides is 1. The lowest BCUT2D eigenvalue weighted by Crippen LogP contribution is -2.40. The number of H-pyrrole nitrogens is 1. The van der Waals surface area contributed by atoms with Gasteiger partial charge in [0.15, 0.2) is 0 Å². The number of halogens is 1. The number of hydrogen-bond donors (Lipinski definition) is 2. The van der Waals surface area contributed by atoms with Gasteiger partial charge >= 0.3 is 0 Å². The molecule has 2 unspecified atom stereocenters. The summed E-state index contributed by atoms with van der Waals surface area (Å²) in [5, 5.41) is 3.01. The summed E-state index contributed by atoms with van der Waals surface area (Å²) in [5.74, 6) is -0.169. The van der Waals surface area contributed by atoms with E-state index in [4.69, 9.17) is 0 Å². The maximum Gasteiger partial charge on any atom is 0.251 e. The predicted molar refractivity (Wildman–Crippen MR) is 74.1 cm³/mol. The van der Waals surface area contributed by atoms with E-state index in [2.05, 4.69) is 26.2 Å². The van der Waals surface area contributed by atoms with Crippen LogP contribution in [0.5, 0.6) is 0 Å². The van der Waals surface area contributed by atoms with Gasteiger partial charge in [0.1, 0.15) is 0 Å². The first-order chi connectivity index (χ1) is 8.66. The number of aromatic nitrogens is 1. The molecule has 1 aromatic heterocycles. The maximum atomic E-state index is 12.0. The van der Waals surface area contributed by atoms with E-state index in [1.807, 2.05) is 0 Å². The first kappa shape index (κ1) is 13.3. The Balaban J connectivity index is 2.04. The van der Waals surface area contributed by atoms with Crippen molar-refractivity contribution < 1.29 is 4.79 Å². The summed E-state index contributed by atoms with van der Waals surface area (Å²) in [4.78, 5) is 26.0. The van der Waals surface area contributed by atoms with Crippen LogP contribution in [-0.4, -0.2) is 21.8 Å². The van der Waals surface area contributed by atoms with Crippen molar-refractivity contribution in [2.75, 3.05) is 0 Å². The van der Waals surface area contributed by atoms with Crippen LogP contribution >= 0.6 is 15.9 Å². The highest BCUT2D eigenvalue weighted by Gasteiger charge is 2.23. The zero-order chi connectivity index (χ0) is 13.0. The smallest absolute Gasteiger partial charge is 0.251 e. The van der Waals surface area contributed by atoms with E-state index in [-0.39, 0.29) is 17.5 Å². The van der Waals surface area contributed by atoms with Crippen molar-refractivity contribution in [3.63, 3.8) is 0 Å². The molecule has 0 spiro atoms. The maximum absolute atomic E-state index is 12.0. The molecule has 2 N–H and O–H groups in total. The molecule has 5 heteroatoms. The van der Waals surface area contributed by atoms with Crippen LogP contribution < -0.4 is 10.9 Å². The van der Waals surface area contributed by atoms with E-state index in [0.717, 1.165) is 19.3 Å². The van der Waals surface area contributed by atoms with Crippen LogP contribution in [0.15, 0.2) is 23.1 Å². The lowest BCUT2D eigenvalue weighted by Gasteiger charge is -2.21. The summed E-state index contributed by atoms with van der Waals surface area (Å²) < 4.78 is 0. The second kappa shape index (κ2) is 6.18. The van der Waals surface area contributed by atoms with Gasteiger partial charge in [-0.15, -0.1) is 0 Å². The lowest BCUT2D eigenvalue weighted by atomic mass is 10.1. The predicted octanol–water partition coefficient (Wildman–Crippen LogP) is 2.20. The first-order valence-corrected chi connectivity index (χ1v) is 7.22. The Morgan fingerprint density at radius 1 is 1.33 bits per heavy atom. The van der Waals surface area contributed by atoms with E-state index in [9.17, 15) is 9.59 Å². The number of carbonyl (C=O) groups excluding carboxylic acids is 1. The Hall–Kier alpha value is -1.10. The van der Waals surface area contributed by atoms with E-state index < -0.39 is 0 Å². The van der Waals surface area contributed by atoms with Gasteiger partial charge in [-0.05, 0) is 18.9 Å². The topological polar surface area (TPSA) is 62.0 Å². The first-order valence-electron chi connectivity index (χ1n) is 6.30. The molecule has 1 aliphatic rings. The molecular formula is C13H17BrN2O2. The minimum atomic E-state index is -0.251. The van der Waals surface area contributed by atoms with E-state index in [0.29, 0.717) is 10.4 Å². The van der Waals surface area contributed by atoms with Crippen LogP contribution in [0.4, 0.5) is 0 Å². The zero-order valence-corrected chi connectivity index (χ0v) is 11.7. The lowest BCUT2D eigenvalue weighted by molar-refractivity contribution is 0.0934. The molecule has 4 nitrogen and oxygen atoms in total. The fourth-order valence-corrected chi connectivity index (χ4v) is 2.98. The summed E-state index contributed by atoms with van der Waals surface area (Å²) in [7, 11) is 0. The highest BCUT2D eigenvalue weighted by molar-refractivity contribution is 9.09. The molecule has 1 heterocycles. The van der Waals surface area contributed by atoms with Crippen molar-refractivity contribution in [2.24, 2.45) is 0 Å². The normalized spacial score (nSPS) is 24.3. The van der Waals surface area contributed by atoms with E-state index in [1.165, 1.54) is 25.1 Å². The van der Waals surface area contributed by atoms with E-state index in [1.54, 1.807) is 6.07 Å². The molecule has 0 bridgehead atoms. The quantitative estimate of drug-likeness (QED) is 0.649. The third-order valence-corrected chi connectivity index (χ3v) is 4.38. The third kappa shape index (κ3) is 3.45. The molecule has 0 aromatic carbocycles. The summed E-state index contributed by atoms with van der Waals surface area (Å²) in [6, 6.07) is 3.10. The largest absolute Gasteiger partial charge is 0.348 e. The monoisotopic (exact) mass is 312 g/mol. The van der Waals surface area contributed by atoms with Gasteiger partial charge in [0.05, 0.1) is 0 Å². The second-order valence-electron chi connectivity index (χ2n) is 4.68. The van der Waals surface area contributed by atoms with Crippen molar-refractivity contribution in [2.45, 2.75) is 43.0 Å². The molecule has 1 aliphatic carbocycles. The van der Waals surface area contributed by atoms with E-state index >= 15 is 0 Å². The van der Waals surface area contributed by atoms with Crippen molar-refractivity contribution >= 4 is 21.8 Å². The van der Waals surface area contributed by atoms with Crippen molar-refractivity contribution in [3.8, 4) is 0 Å². The summed E-state index contributed by atoms with van der Waals surface area (Å²) >= 11 is 3.64. The van der Waals surface area contributed by atoms with Crippen molar-refractivity contribution in [1.82, 2.24) is 10.3 Å².